The molecule has 0 radical (unpaired) electrons. The normalized spacial score (nSPS) is 20.9. The van der Waals surface area contributed by atoms with E-state index in [1.807, 2.05) is 24.3 Å². The standard InChI is InChI=1S/C26H36N8O4/c1-25(28,17-35)22(36)32-8-10-33(11-9-32)23(37)29-21-6-7-34(24(38)30-21)20-4-2-18(3-5-20)14-31-15-26(16-31)12-19(27)13-26/h2-7,19,35H,8-17,27-28H2,1H3,(H,29,30,37,38). The first-order chi connectivity index (χ1) is 18.1. The number of hydrogen-bond donors (Lipinski definition) is 4. The number of benzene rings is 1. The Bertz CT molecular complexity index is 1240. The van der Waals surface area contributed by atoms with E-state index in [1.54, 1.807) is 17.2 Å². The third-order valence-electron chi connectivity index (χ3n) is 7.84. The van der Waals surface area contributed by atoms with Gasteiger partial charge >= 0.3 is 11.7 Å². The maximum Gasteiger partial charge on any atom is 0.354 e. The average molecular weight is 525 g/mol. The molecule has 2 aromatic rings. The molecule has 6 N–H and O–H groups in total. The minimum atomic E-state index is -1.35. The molecule has 3 heterocycles. The molecule has 3 amide bonds. The highest BCUT2D eigenvalue weighted by Crippen LogP contribution is 2.47. The van der Waals surface area contributed by atoms with Gasteiger partial charge in [-0.25, -0.2) is 9.59 Å². The van der Waals surface area contributed by atoms with Crippen LogP contribution in [0.1, 0.15) is 25.3 Å². The molecule has 2 saturated heterocycles. The molecule has 38 heavy (non-hydrogen) atoms. The van der Waals surface area contributed by atoms with Gasteiger partial charge in [0.1, 0.15) is 11.4 Å². The summed E-state index contributed by atoms with van der Waals surface area (Å²) < 4.78 is 1.43. The minimum Gasteiger partial charge on any atom is -0.394 e. The molecular formula is C26H36N8O4. The molecule has 204 valence electrons. The van der Waals surface area contributed by atoms with Crippen molar-refractivity contribution >= 4 is 17.8 Å². The lowest BCUT2D eigenvalue weighted by molar-refractivity contribution is -0.139. The molecule has 3 aliphatic rings. The van der Waals surface area contributed by atoms with Gasteiger partial charge in [0.2, 0.25) is 5.91 Å². The number of carbonyl (C=O) groups excluding carboxylic acids is 2. The molecule has 1 aliphatic carbocycles. The van der Waals surface area contributed by atoms with Gasteiger partial charge in [-0.1, -0.05) is 12.1 Å². The van der Waals surface area contributed by atoms with Crippen LogP contribution in [0.15, 0.2) is 41.3 Å². The van der Waals surface area contributed by atoms with Crippen LogP contribution in [-0.2, 0) is 11.3 Å². The van der Waals surface area contributed by atoms with E-state index in [-0.39, 0.29) is 11.7 Å². The van der Waals surface area contributed by atoms with Crippen LogP contribution in [0, 0.1) is 5.41 Å². The van der Waals surface area contributed by atoms with Gasteiger partial charge in [0, 0.05) is 58.1 Å². The topological polar surface area (TPSA) is 163 Å². The number of nitrogens with zero attached hydrogens (tertiary/aromatic N) is 5. The Morgan fingerprint density at radius 2 is 1.74 bits per heavy atom. The molecule has 1 aromatic heterocycles. The van der Waals surface area contributed by atoms with Crippen LogP contribution in [0.2, 0.25) is 0 Å². The summed E-state index contributed by atoms with van der Waals surface area (Å²) >= 11 is 0. The zero-order valence-corrected chi connectivity index (χ0v) is 21.7. The molecule has 1 saturated carbocycles. The second kappa shape index (κ2) is 10.1. The fourth-order valence-electron chi connectivity index (χ4n) is 5.74. The van der Waals surface area contributed by atoms with E-state index in [2.05, 4.69) is 15.2 Å². The first kappa shape index (κ1) is 26.3. The summed E-state index contributed by atoms with van der Waals surface area (Å²) in [5.74, 6) is -0.199. The summed E-state index contributed by atoms with van der Waals surface area (Å²) in [6, 6.07) is 9.39. The van der Waals surface area contributed by atoms with Gasteiger partial charge in [-0.2, -0.15) is 4.98 Å². The number of urea groups is 1. The number of aliphatic hydroxyl groups excluding tert-OH is 1. The van der Waals surface area contributed by atoms with E-state index >= 15 is 0 Å². The van der Waals surface area contributed by atoms with Gasteiger partial charge in [-0.3, -0.25) is 19.6 Å². The zero-order valence-electron chi connectivity index (χ0n) is 21.7. The van der Waals surface area contributed by atoms with Crippen LogP contribution in [0.25, 0.3) is 5.69 Å². The second-order valence-electron chi connectivity index (χ2n) is 11.2. The van der Waals surface area contributed by atoms with Crippen molar-refractivity contribution < 1.29 is 14.7 Å². The van der Waals surface area contributed by atoms with Crippen LogP contribution in [-0.4, -0.2) is 98.8 Å². The second-order valence-corrected chi connectivity index (χ2v) is 11.2. The summed E-state index contributed by atoms with van der Waals surface area (Å²) in [6.07, 6.45) is 3.85. The number of nitrogens with two attached hydrogens (primary N) is 2. The number of piperazine rings is 1. The molecule has 1 aromatic carbocycles. The number of carbonyl (C=O) groups is 2. The number of likely N-dealkylation sites (tertiary alicyclic amines) is 1. The number of anilines is 1. The quantitative estimate of drug-likeness (QED) is 0.395. The Morgan fingerprint density at radius 1 is 1.11 bits per heavy atom. The highest BCUT2D eigenvalue weighted by molar-refractivity contribution is 5.89. The number of rotatable bonds is 6. The Balaban J connectivity index is 1.13. The molecule has 2 aliphatic heterocycles. The molecule has 12 heteroatoms. The summed E-state index contributed by atoms with van der Waals surface area (Å²) in [5.41, 5.74) is 12.3. The number of amides is 3. The van der Waals surface area contributed by atoms with E-state index in [1.165, 1.54) is 22.0 Å². The van der Waals surface area contributed by atoms with Crippen molar-refractivity contribution in [3.05, 3.63) is 52.6 Å². The predicted octanol–water partition coefficient (Wildman–Crippen LogP) is -0.459. The highest BCUT2D eigenvalue weighted by Gasteiger charge is 2.50. The monoisotopic (exact) mass is 524 g/mol. The average Bonchev–Trinajstić information content (AvgIpc) is 2.87. The Hall–Kier alpha value is -3.32. The Kier molecular flexibility index (Phi) is 6.99. The van der Waals surface area contributed by atoms with Gasteiger partial charge in [0.25, 0.3) is 0 Å². The summed E-state index contributed by atoms with van der Waals surface area (Å²) in [7, 11) is 0. The molecule has 1 atom stereocenters. The lowest BCUT2D eigenvalue weighted by Crippen LogP contribution is -2.64. The largest absolute Gasteiger partial charge is 0.394 e. The van der Waals surface area contributed by atoms with E-state index in [9.17, 15) is 19.5 Å². The molecule has 3 fully saturated rings. The first-order valence-electron chi connectivity index (χ1n) is 13.0. The van der Waals surface area contributed by atoms with Crippen molar-refractivity contribution in [3.8, 4) is 5.69 Å². The van der Waals surface area contributed by atoms with Crippen molar-refractivity contribution in [2.75, 3.05) is 51.2 Å². The summed E-state index contributed by atoms with van der Waals surface area (Å²) in [4.78, 5) is 47.3. The third kappa shape index (κ3) is 5.30. The summed E-state index contributed by atoms with van der Waals surface area (Å²) in [6.45, 7) is 5.31. The van der Waals surface area contributed by atoms with Crippen molar-refractivity contribution in [1.29, 1.82) is 0 Å². The van der Waals surface area contributed by atoms with Crippen molar-refractivity contribution in [1.82, 2.24) is 24.3 Å². The summed E-state index contributed by atoms with van der Waals surface area (Å²) in [5, 5.41) is 12.0. The van der Waals surface area contributed by atoms with Crippen molar-refractivity contribution in [2.45, 2.75) is 37.9 Å². The van der Waals surface area contributed by atoms with Crippen molar-refractivity contribution in [2.24, 2.45) is 16.9 Å². The third-order valence-corrected chi connectivity index (χ3v) is 7.84. The smallest absolute Gasteiger partial charge is 0.354 e. The van der Waals surface area contributed by atoms with E-state index in [0.29, 0.717) is 43.3 Å². The maximum absolute atomic E-state index is 12.7. The maximum atomic E-state index is 12.7. The molecular weight excluding hydrogens is 488 g/mol. The molecule has 5 rings (SSSR count). The number of nitrogens with one attached hydrogen (secondary N) is 1. The van der Waals surface area contributed by atoms with Gasteiger partial charge in [0.15, 0.2) is 0 Å². The lowest BCUT2D eigenvalue weighted by Gasteiger charge is -2.58. The number of aromatic nitrogens is 2. The minimum absolute atomic E-state index is 0.156. The van der Waals surface area contributed by atoms with Gasteiger partial charge < -0.3 is 26.4 Å². The van der Waals surface area contributed by atoms with Gasteiger partial charge in [-0.15, -0.1) is 0 Å². The predicted molar refractivity (Wildman–Crippen MR) is 142 cm³/mol. The van der Waals surface area contributed by atoms with Crippen LogP contribution in [0.5, 0.6) is 0 Å². The fourth-order valence-corrected chi connectivity index (χ4v) is 5.74. The van der Waals surface area contributed by atoms with E-state index in [4.69, 9.17) is 11.5 Å². The number of hydrogen-bond acceptors (Lipinski definition) is 8. The Labute approximate surface area is 221 Å². The molecule has 12 nitrogen and oxygen atoms in total. The Morgan fingerprint density at radius 3 is 2.32 bits per heavy atom. The lowest BCUT2D eigenvalue weighted by atomic mass is 9.61. The molecule has 0 bridgehead atoms. The first-order valence-corrected chi connectivity index (χ1v) is 13.0. The molecule has 1 unspecified atom stereocenters. The number of aliphatic hydroxyl groups is 1. The SMILES string of the molecule is CC(N)(CO)C(=O)N1CCN(C(=O)Nc2ccn(-c3ccc(CN4CC5(CC(N)C5)C4)cc3)c(=O)n2)CC1. The van der Waals surface area contributed by atoms with Crippen molar-refractivity contribution in [3.63, 3.8) is 0 Å². The van der Waals surface area contributed by atoms with Gasteiger partial charge in [0.05, 0.1) is 12.3 Å². The van der Waals surface area contributed by atoms with Crippen LogP contribution in [0.3, 0.4) is 0 Å². The zero-order chi connectivity index (χ0) is 27.1. The van der Waals surface area contributed by atoms with Crippen LogP contribution >= 0.6 is 0 Å². The fraction of sp³-hybridized carbons (Fsp3) is 0.538. The highest BCUT2D eigenvalue weighted by atomic mass is 16.3. The molecule has 1 spiro atoms. The van der Waals surface area contributed by atoms with E-state index in [0.717, 1.165) is 32.5 Å². The van der Waals surface area contributed by atoms with E-state index < -0.39 is 23.9 Å². The van der Waals surface area contributed by atoms with Crippen LogP contribution in [0.4, 0.5) is 10.6 Å². The van der Waals surface area contributed by atoms with Gasteiger partial charge in [-0.05, 0) is 48.9 Å². The van der Waals surface area contributed by atoms with Crippen LogP contribution < -0.4 is 22.5 Å².